The number of nitrogens with zero attached hydrogens (tertiary/aromatic N) is 2. The lowest BCUT2D eigenvalue weighted by atomic mass is 10.0. The molecule has 0 aliphatic carbocycles. The van der Waals surface area contributed by atoms with E-state index < -0.39 is 10.2 Å². The molecule has 7 heteroatoms. The molecule has 0 saturated carbocycles. The number of nitrogens with one attached hydrogen (secondary N) is 2. The average molecular weight is 292 g/mol. The third kappa shape index (κ3) is 2.74. The highest BCUT2D eigenvalue weighted by molar-refractivity contribution is 7.87. The summed E-state index contributed by atoms with van der Waals surface area (Å²) in [6.07, 6.45) is 3.88. The minimum atomic E-state index is -3.47. The second-order valence-electron chi connectivity index (χ2n) is 4.76. The maximum atomic E-state index is 12.3. The zero-order chi connectivity index (χ0) is 14.0. The van der Waals surface area contributed by atoms with Crippen LogP contribution in [0.4, 0.5) is 0 Å². The number of fused-ring (bicyclic) bond motifs is 1. The van der Waals surface area contributed by atoms with Crippen molar-refractivity contribution >= 4 is 10.2 Å². The highest BCUT2D eigenvalue weighted by Crippen LogP contribution is 2.20. The Morgan fingerprint density at radius 3 is 2.85 bits per heavy atom. The summed E-state index contributed by atoms with van der Waals surface area (Å²) in [5, 5.41) is 0. The number of hydrogen-bond donors (Lipinski definition) is 2. The number of aromatic nitrogens is 2. The summed E-state index contributed by atoms with van der Waals surface area (Å²) in [5.74, 6) is 0. The van der Waals surface area contributed by atoms with Gasteiger partial charge >= 0.3 is 0 Å². The molecule has 6 nitrogen and oxygen atoms in total. The number of rotatable bonds is 4. The molecule has 2 aromatic rings. The van der Waals surface area contributed by atoms with Gasteiger partial charge in [0.2, 0.25) is 0 Å². The van der Waals surface area contributed by atoms with E-state index in [1.165, 1.54) is 16.2 Å². The molecule has 0 radical (unpaired) electrons. The topological polar surface area (TPSA) is 78.1 Å². The number of benzene rings is 1. The van der Waals surface area contributed by atoms with Gasteiger partial charge in [-0.05, 0) is 17.5 Å². The van der Waals surface area contributed by atoms with E-state index in [0.717, 1.165) is 17.7 Å². The highest BCUT2D eigenvalue weighted by atomic mass is 32.2. The van der Waals surface area contributed by atoms with Crippen LogP contribution in [-0.2, 0) is 29.7 Å². The van der Waals surface area contributed by atoms with E-state index in [1.807, 2.05) is 18.2 Å². The summed E-state index contributed by atoms with van der Waals surface area (Å²) in [5.41, 5.74) is 3.05. The maximum Gasteiger partial charge on any atom is 0.280 e. The fourth-order valence-electron chi connectivity index (χ4n) is 2.32. The molecule has 0 bridgehead atoms. The van der Waals surface area contributed by atoms with Crippen molar-refractivity contribution in [1.29, 1.82) is 0 Å². The van der Waals surface area contributed by atoms with E-state index >= 15 is 0 Å². The smallest absolute Gasteiger partial charge is 0.280 e. The van der Waals surface area contributed by atoms with E-state index in [0.29, 0.717) is 13.1 Å². The summed E-state index contributed by atoms with van der Waals surface area (Å²) < 4.78 is 28.6. The fourth-order valence-corrected chi connectivity index (χ4v) is 3.48. The Morgan fingerprint density at radius 1 is 1.30 bits per heavy atom. The van der Waals surface area contributed by atoms with Crippen molar-refractivity contribution in [2.24, 2.45) is 0 Å². The minimum Gasteiger partial charge on any atom is -0.347 e. The molecule has 2 N–H and O–H groups in total. The van der Waals surface area contributed by atoms with Crippen molar-refractivity contribution in [2.45, 2.75) is 19.5 Å². The lowest BCUT2D eigenvalue weighted by Crippen LogP contribution is -2.43. The summed E-state index contributed by atoms with van der Waals surface area (Å²) in [4.78, 5) is 6.73. The second kappa shape index (κ2) is 5.35. The van der Waals surface area contributed by atoms with Gasteiger partial charge in [0.1, 0.15) is 0 Å². The van der Waals surface area contributed by atoms with Crippen molar-refractivity contribution < 1.29 is 8.42 Å². The van der Waals surface area contributed by atoms with Gasteiger partial charge in [-0.1, -0.05) is 24.3 Å². The Kier molecular flexibility index (Phi) is 3.56. The van der Waals surface area contributed by atoms with Crippen LogP contribution in [0.5, 0.6) is 0 Å². The lowest BCUT2D eigenvalue weighted by molar-refractivity contribution is 0.383. The molecule has 0 fully saturated rings. The van der Waals surface area contributed by atoms with Crippen LogP contribution in [0.2, 0.25) is 0 Å². The van der Waals surface area contributed by atoms with E-state index in [-0.39, 0.29) is 6.54 Å². The number of hydrogen-bond acceptors (Lipinski definition) is 3. The molecule has 1 aliphatic heterocycles. The fraction of sp³-hybridized carbons (Fsp3) is 0.308. The molecule has 1 aromatic carbocycles. The second-order valence-corrected chi connectivity index (χ2v) is 6.51. The molecule has 1 aliphatic rings. The molecule has 0 atom stereocenters. The van der Waals surface area contributed by atoms with Gasteiger partial charge < -0.3 is 4.98 Å². The van der Waals surface area contributed by atoms with Gasteiger partial charge in [-0.2, -0.15) is 17.4 Å². The van der Waals surface area contributed by atoms with E-state index in [9.17, 15) is 8.42 Å². The molecule has 3 rings (SSSR count). The first-order valence-corrected chi connectivity index (χ1v) is 7.88. The molecule has 0 saturated heterocycles. The first kappa shape index (κ1) is 13.3. The average Bonchev–Trinajstić information content (AvgIpc) is 2.98. The molecular weight excluding hydrogens is 276 g/mol. The van der Waals surface area contributed by atoms with Gasteiger partial charge in [-0.15, -0.1) is 0 Å². The Labute approximate surface area is 118 Å². The number of aromatic amines is 1. The van der Waals surface area contributed by atoms with Crippen molar-refractivity contribution in [2.75, 3.05) is 6.54 Å². The molecule has 0 unspecified atom stereocenters. The quantitative estimate of drug-likeness (QED) is 0.875. The van der Waals surface area contributed by atoms with Gasteiger partial charge in [0.05, 0.1) is 12.9 Å². The van der Waals surface area contributed by atoms with Crippen molar-refractivity contribution in [1.82, 2.24) is 19.0 Å². The van der Waals surface area contributed by atoms with E-state index in [2.05, 4.69) is 20.8 Å². The highest BCUT2D eigenvalue weighted by Gasteiger charge is 2.26. The maximum absolute atomic E-state index is 12.3. The predicted molar refractivity (Wildman–Crippen MR) is 74.9 cm³/mol. The summed E-state index contributed by atoms with van der Waals surface area (Å²) in [7, 11) is -3.47. The molecule has 0 amide bonds. The Balaban J connectivity index is 1.70. The van der Waals surface area contributed by atoms with Crippen LogP contribution in [0.25, 0.3) is 0 Å². The zero-order valence-corrected chi connectivity index (χ0v) is 11.7. The van der Waals surface area contributed by atoms with Crippen molar-refractivity contribution in [3.05, 3.63) is 53.6 Å². The van der Waals surface area contributed by atoms with Gasteiger partial charge in [-0.25, -0.2) is 4.98 Å². The predicted octanol–water partition coefficient (Wildman–Crippen LogP) is 0.802. The van der Waals surface area contributed by atoms with E-state index in [4.69, 9.17) is 0 Å². The van der Waals surface area contributed by atoms with Crippen LogP contribution in [0.3, 0.4) is 0 Å². The van der Waals surface area contributed by atoms with Crippen LogP contribution >= 0.6 is 0 Å². The summed E-state index contributed by atoms with van der Waals surface area (Å²) in [6, 6.07) is 7.95. The van der Waals surface area contributed by atoms with E-state index in [1.54, 1.807) is 6.20 Å². The normalized spacial score (nSPS) is 16.0. The van der Waals surface area contributed by atoms with Crippen LogP contribution in [0.1, 0.15) is 16.8 Å². The third-order valence-corrected chi connectivity index (χ3v) is 4.94. The minimum absolute atomic E-state index is 0.223. The standard InChI is InChI=1S/C13H16N4O2S/c18-20(19,16-8-13-7-14-10-15-13)17-6-5-11-3-1-2-4-12(11)9-17/h1-4,7,10,16H,5-6,8-9H2,(H,14,15). The Bertz CT molecular complexity index is 682. The largest absolute Gasteiger partial charge is 0.347 e. The molecule has 106 valence electrons. The third-order valence-electron chi connectivity index (χ3n) is 3.44. The monoisotopic (exact) mass is 292 g/mol. The first-order chi connectivity index (χ1) is 9.65. The van der Waals surface area contributed by atoms with Crippen LogP contribution in [0.15, 0.2) is 36.8 Å². The van der Waals surface area contributed by atoms with Crippen LogP contribution < -0.4 is 4.72 Å². The van der Waals surface area contributed by atoms with Gasteiger partial charge in [0.25, 0.3) is 10.2 Å². The van der Waals surface area contributed by atoms with Gasteiger partial charge in [0, 0.05) is 25.0 Å². The summed E-state index contributed by atoms with van der Waals surface area (Å²) in [6.45, 7) is 1.16. The van der Waals surface area contributed by atoms with Gasteiger partial charge in [0.15, 0.2) is 0 Å². The molecular formula is C13H16N4O2S. The number of H-pyrrole nitrogens is 1. The Morgan fingerprint density at radius 2 is 2.10 bits per heavy atom. The Hall–Kier alpha value is -1.70. The SMILES string of the molecule is O=S(=O)(NCc1cnc[nH]1)N1CCc2ccccc2C1. The van der Waals surface area contributed by atoms with Crippen molar-refractivity contribution in [3.63, 3.8) is 0 Å². The lowest BCUT2D eigenvalue weighted by Gasteiger charge is -2.27. The molecule has 20 heavy (non-hydrogen) atoms. The molecule has 1 aromatic heterocycles. The molecule has 0 spiro atoms. The first-order valence-electron chi connectivity index (χ1n) is 6.44. The van der Waals surface area contributed by atoms with Crippen molar-refractivity contribution in [3.8, 4) is 0 Å². The zero-order valence-electron chi connectivity index (χ0n) is 10.9. The summed E-state index contributed by atoms with van der Waals surface area (Å²) >= 11 is 0. The van der Waals surface area contributed by atoms with Crippen LogP contribution in [-0.4, -0.2) is 29.2 Å². The number of imidazole rings is 1. The van der Waals surface area contributed by atoms with Gasteiger partial charge in [-0.3, -0.25) is 0 Å². The van der Waals surface area contributed by atoms with Crippen LogP contribution in [0, 0.1) is 0 Å². The molecule has 2 heterocycles.